The lowest BCUT2D eigenvalue weighted by Crippen LogP contribution is -2.06. The van der Waals surface area contributed by atoms with E-state index >= 15 is 0 Å². The van der Waals surface area contributed by atoms with Crippen LogP contribution >= 0.6 is 23.2 Å². The minimum absolute atomic E-state index is 0.0253. The summed E-state index contributed by atoms with van der Waals surface area (Å²) in [6.07, 6.45) is 1.40. The third-order valence-electron chi connectivity index (χ3n) is 4.06. The minimum atomic E-state index is -0.724. The highest BCUT2D eigenvalue weighted by atomic mass is 35.5. The second kappa shape index (κ2) is 7.54. The fourth-order valence-electron chi connectivity index (χ4n) is 2.69. The highest BCUT2D eigenvalue weighted by Crippen LogP contribution is 2.31. The van der Waals surface area contributed by atoms with Crippen molar-refractivity contribution >= 4 is 46.8 Å². The molecule has 0 radical (unpaired) electrons. The van der Waals surface area contributed by atoms with E-state index in [0.29, 0.717) is 22.1 Å². The van der Waals surface area contributed by atoms with Crippen LogP contribution in [0.3, 0.4) is 0 Å². The quantitative estimate of drug-likeness (QED) is 0.236. The van der Waals surface area contributed by atoms with Crippen LogP contribution in [-0.4, -0.2) is 16.8 Å². The van der Waals surface area contributed by atoms with E-state index in [1.165, 1.54) is 24.3 Å². The highest BCUT2D eigenvalue weighted by Gasteiger charge is 2.27. The summed E-state index contributed by atoms with van der Waals surface area (Å²) < 4.78 is 10.9. The molecule has 0 aliphatic carbocycles. The van der Waals surface area contributed by atoms with Gasteiger partial charge in [-0.3, -0.25) is 10.1 Å². The van der Waals surface area contributed by atoms with E-state index in [1.807, 2.05) is 18.2 Å². The lowest BCUT2D eigenvalue weighted by Gasteiger charge is -2.02. The molecule has 2 heterocycles. The predicted octanol–water partition coefficient (Wildman–Crippen LogP) is 5.51. The van der Waals surface area contributed by atoms with Crippen molar-refractivity contribution in [3.8, 4) is 11.3 Å². The molecule has 2 aromatic carbocycles. The molecule has 1 aliphatic heterocycles. The molecule has 0 N–H and O–H groups in total. The van der Waals surface area contributed by atoms with Crippen molar-refractivity contribution in [1.29, 1.82) is 0 Å². The molecule has 9 heteroatoms. The first-order valence-corrected chi connectivity index (χ1v) is 8.99. The molecule has 0 fully saturated rings. The Morgan fingerprint density at radius 3 is 2.52 bits per heavy atom. The molecule has 0 amide bonds. The van der Waals surface area contributed by atoms with Crippen LogP contribution in [0.5, 0.6) is 0 Å². The first-order chi connectivity index (χ1) is 13.9. The Morgan fingerprint density at radius 1 is 1.00 bits per heavy atom. The van der Waals surface area contributed by atoms with Crippen LogP contribution in [0.1, 0.15) is 11.3 Å². The molecule has 1 aromatic heterocycles. The number of aliphatic imine (C=N–C) groups is 1. The van der Waals surface area contributed by atoms with Gasteiger partial charge in [0.1, 0.15) is 11.5 Å². The van der Waals surface area contributed by atoms with Gasteiger partial charge in [0.25, 0.3) is 5.69 Å². The SMILES string of the molecule is O=C1OC(c2cc([N+](=O)[O-])ccc2Cl)=N/C1=C\c1ccc(-c2ccccc2Cl)o1. The number of carbonyl (C=O) groups is 1. The molecule has 0 bridgehead atoms. The molecule has 0 saturated heterocycles. The third kappa shape index (κ3) is 3.78. The molecule has 144 valence electrons. The molecule has 0 spiro atoms. The van der Waals surface area contributed by atoms with Gasteiger partial charge in [-0.2, -0.15) is 0 Å². The number of nitro benzene ring substituents is 1. The molecule has 7 nitrogen and oxygen atoms in total. The number of halogens is 2. The van der Waals surface area contributed by atoms with E-state index in [-0.39, 0.29) is 27.9 Å². The number of hydrogen-bond donors (Lipinski definition) is 0. The number of esters is 1. The number of cyclic esters (lactones) is 1. The second-order valence-corrected chi connectivity index (χ2v) is 6.75. The zero-order valence-electron chi connectivity index (χ0n) is 14.5. The molecule has 0 saturated carbocycles. The summed E-state index contributed by atoms with van der Waals surface area (Å²) in [5.41, 5.74) is 0.632. The van der Waals surface area contributed by atoms with E-state index < -0.39 is 10.9 Å². The number of rotatable bonds is 4. The number of nitro groups is 1. The van der Waals surface area contributed by atoms with Crippen LogP contribution in [0.15, 0.2) is 69.7 Å². The number of nitrogens with zero attached hydrogens (tertiary/aromatic N) is 2. The molecule has 1 aliphatic rings. The van der Waals surface area contributed by atoms with Gasteiger partial charge in [-0.25, -0.2) is 9.79 Å². The van der Waals surface area contributed by atoms with E-state index in [4.69, 9.17) is 32.4 Å². The minimum Gasteiger partial charge on any atom is -0.457 e. The maximum atomic E-state index is 12.2. The van der Waals surface area contributed by atoms with E-state index in [0.717, 1.165) is 0 Å². The topological polar surface area (TPSA) is 94.9 Å². The number of ether oxygens (including phenoxy) is 1. The Balaban J connectivity index is 1.67. The summed E-state index contributed by atoms with van der Waals surface area (Å²) in [7, 11) is 0. The largest absolute Gasteiger partial charge is 0.457 e. The van der Waals surface area contributed by atoms with Crippen LogP contribution in [0.4, 0.5) is 5.69 Å². The van der Waals surface area contributed by atoms with Gasteiger partial charge in [-0.15, -0.1) is 0 Å². The van der Waals surface area contributed by atoms with Crippen LogP contribution < -0.4 is 0 Å². The monoisotopic (exact) mass is 428 g/mol. The maximum absolute atomic E-state index is 12.2. The molecule has 4 rings (SSSR count). The van der Waals surface area contributed by atoms with Crippen molar-refractivity contribution in [2.45, 2.75) is 0 Å². The lowest BCUT2D eigenvalue weighted by atomic mass is 10.2. The number of non-ortho nitro benzene ring substituents is 1. The van der Waals surface area contributed by atoms with E-state index in [1.54, 1.807) is 18.2 Å². The Bertz CT molecular complexity index is 1210. The van der Waals surface area contributed by atoms with Crippen molar-refractivity contribution < 1.29 is 18.9 Å². The molecule has 0 atom stereocenters. The van der Waals surface area contributed by atoms with Gasteiger partial charge in [0.2, 0.25) is 5.90 Å². The van der Waals surface area contributed by atoms with E-state index in [2.05, 4.69) is 4.99 Å². The van der Waals surface area contributed by atoms with Crippen molar-refractivity contribution in [1.82, 2.24) is 0 Å². The van der Waals surface area contributed by atoms with E-state index in [9.17, 15) is 14.9 Å². The summed E-state index contributed by atoms with van der Waals surface area (Å²) in [6.45, 7) is 0. The van der Waals surface area contributed by atoms with Crippen molar-refractivity contribution in [2.24, 2.45) is 4.99 Å². The van der Waals surface area contributed by atoms with Crippen LogP contribution in [0, 0.1) is 10.1 Å². The first-order valence-electron chi connectivity index (χ1n) is 8.24. The smallest absolute Gasteiger partial charge is 0.363 e. The van der Waals surface area contributed by atoms with Gasteiger partial charge < -0.3 is 9.15 Å². The van der Waals surface area contributed by atoms with Gasteiger partial charge >= 0.3 is 5.97 Å². The molecule has 3 aromatic rings. The lowest BCUT2D eigenvalue weighted by molar-refractivity contribution is -0.384. The summed E-state index contributed by atoms with van der Waals surface area (Å²) in [4.78, 5) is 26.7. The Labute approximate surface area is 174 Å². The summed E-state index contributed by atoms with van der Waals surface area (Å²) in [5.74, 6) is 0.0489. The van der Waals surface area contributed by atoms with Gasteiger partial charge in [0.15, 0.2) is 5.70 Å². The fourth-order valence-corrected chi connectivity index (χ4v) is 3.11. The van der Waals surface area contributed by atoms with Crippen LogP contribution in [0.25, 0.3) is 17.4 Å². The molecular formula is C20H10Cl2N2O5. The predicted molar refractivity (Wildman–Crippen MR) is 108 cm³/mol. The van der Waals surface area contributed by atoms with Gasteiger partial charge in [-0.05, 0) is 30.3 Å². The Hall–Kier alpha value is -3.42. The number of benzene rings is 2. The molecule has 0 unspecified atom stereocenters. The zero-order valence-corrected chi connectivity index (χ0v) is 16.0. The van der Waals surface area contributed by atoms with Crippen LogP contribution in [0.2, 0.25) is 10.0 Å². The average molecular weight is 429 g/mol. The Morgan fingerprint density at radius 2 is 1.76 bits per heavy atom. The second-order valence-electron chi connectivity index (χ2n) is 5.94. The molecular weight excluding hydrogens is 419 g/mol. The van der Waals surface area contributed by atoms with Crippen molar-refractivity contribution in [3.05, 3.63) is 91.8 Å². The number of carbonyl (C=O) groups excluding carboxylic acids is 1. The van der Waals surface area contributed by atoms with Gasteiger partial charge in [0, 0.05) is 23.8 Å². The summed E-state index contributed by atoms with van der Waals surface area (Å²) in [5, 5.41) is 11.7. The fraction of sp³-hybridized carbons (Fsp3) is 0. The van der Waals surface area contributed by atoms with Crippen molar-refractivity contribution in [3.63, 3.8) is 0 Å². The first kappa shape index (κ1) is 18.9. The highest BCUT2D eigenvalue weighted by molar-refractivity contribution is 6.34. The maximum Gasteiger partial charge on any atom is 0.363 e. The summed E-state index contributed by atoms with van der Waals surface area (Å²) >= 11 is 12.2. The summed E-state index contributed by atoms with van der Waals surface area (Å²) in [6, 6.07) is 14.3. The third-order valence-corrected chi connectivity index (χ3v) is 4.72. The zero-order chi connectivity index (χ0) is 20.5. The Kier molecular flexibility index (Phi) is 4.92. The van der Waals surface area contributed by atoms with Crippen LogP contribution in [-0.2, 0) is 9.53 Å². The number of hydrogen-bond acceptors (Lipinski definition) is 6. The number of furan rings is 1. The van der Waals surface area contributed by atoms with Crippen molar-refractivity contribution in [2.75, 3.05) is 0 Å². The average Bonchev–Trinajstić information content (AvgIpc) is 3.29. The van der Waals surface area contributed by atoms with Gasteiger partial charge in [-0.1, -0.05) is 35.3 Å². The normalized spacial score (nSPS) is 14.8. The van der Waals surface area contributed by atoms with Gasteiger partial charge in [0.05, 0.1) is 20.5 Å². The standard InChI is InChI=1S/C20H10Cl2N2O5/c21-15-4-2-1-3-13(15)18-8-6-12(28-18)10-17-20(25)29-19(23-17)14-9-11(24(26)27)5-7-16(14)22/h1-10H/b17-10-. The molecule has 29 heavy (non-hydrogen) atoms.